The van der Waals surface area contributed by atoms with E-state index in [9.17, 15) is 14.7 Å². The number of aliphatic hydroxyl groups is 1. The largest absolute Gasteiger partial charge is 0.444 e. The van der Waals surface area contributed by atoms with Crippen molar-refractivity contribution in [2.45, 2.75) is 70.1 Å². The second-order valence-electron chi connectivity index (χ2n) is 11.4. The van der Waals surface area contributed by atoms with Crippen molar-refractivity contribution in [1.82, 2.24) is 10.2 Å². The van der Waals surface area contributed by atoms with Crippen LogP contribution in [-0.2, 0) is 9.53 Å². The fourth-order valence-corrected chi connectivity index (χ4v) is 5.47. The van der Waals surface area contributed by atoms with Gasteiger partial charge in [-0.15, -0.1) is 0 Å². The van der Waals surface area contributed by atoms with Gasteiger partial charge in [0.1, 0.15) is 5.60 Å². The standard InChI is InChI=1S/C31H36N2O4/c1-30(2,3)37-29(36)32-31(20-26(31)34)17-14-27(35)33-18-15-23(16-19-33)28-24-10-6-4-8-21(24)12-13-22-9-5-7-11-25(22)28/h4-13,26,34H,14-20H2,1-3H3,(H,32,36)/t26-,31?/m0/s1. The predicted molar refractivity (Wildman–Crippen MR) is 146 cm³/mol. The summed E-state index contributed by atoms with van der Waals surface area (Å²) < 4.78 is 5.35. The third-order valence-electron chi connectivity index (χ3n) is 7.55. The third kappa shape index (κ3) is 5.49. The van der Waals surface area contributed by atoms with E-state index in [0.29, 0.717) is 25.9 Å². The molecule has 0 spiro atoms. The zero-order valence-corrected chi connectivity index (χ0v) is 21.9. The summed E-state index contributed by atoms with van der Waals surface area (Å²) in [7, 11) is 0. The summed E-state index contributed by atoms with van der Waals surface area (Å²) >= 11 is 0. The summed E-state index contributed by atoms with van der Waals surface area (Å²) in [5.74, 6) is 0.0665. The molecule has 1 saturated carbocycles. The first-order valence-corrected chi connectivity index (χ1v) is 13.2. The number of nitrogens with one attached hydrogen (secondary N) is 1. The number of alkyl carbamates (subject to hydrolysis) is 1. The molecule has 2 fully saturated rings. The lowest BCUT2D eigenvalue weighted by molar-refractivity contribution is -0.132. The van der Waals surface area contributed by atoms with Crippen molar-refractivity contribution in [2.75, 3.05) is 13.1 Å². The van der Waals surface area contributed by atoms with Crippen molar-refractivity contribution in [3.05, 3.63) is 76.4 Å². The zero-order valence-electron chi connectivity index (χ0n) is 21.9. The number of aliphatic hydroxyl groups excluding tert-OH is 1. The summed E-state index contributed by atoms with van der Waals surface area (Å²) in [5.41, 5.74) is 6.22. The molecule has 1 aliphatic heterocycles. The number of carbonyl (C=O) groups is 2. The first-order valence-electron chi connectivity index (χ1n) is 13.2. The highest BCUT2D eigenvalue weighted by Gasteiger charge is 2.55. The average Bonchev–Trinajstić information content (AvgIpc) is 3.53. The van der Waals surface area contributed by atoms with Crippen molar-refractivity contribution >= 4 is 29.7 Å². The number of piperidine rings is 1. The number of hydrogen-bond donors (Lipinski definition) is 2. The Balaban J connectivity index is 1.26. The average molecular weight is 501 g/mol. The summed E-state index contributed by atoms with van der Waals surface area (Å²) in [6, 6.07) is 17.0. The fourth-order valence-electron chi connectivity index (χ4n) is 5.47. The Morgan fingerprint density at radius 1 is 1.00 bits per heavy atom. The van der Waals surface area contributed by atoms with Gasteiger partial charge in [-0.25, -0.2) is 4.79 Å². The minimum Gasteiger partial charge on any atom is -0.444 e. The molecule has 194 valence electrons. The van der Waals surface area contributed by atoms with Gasteiger partial charge >= 0.3 is 6.09 Å². The number of ether oxygens (including phenoxy) is 1. The van der Waals surface area contributed by atoms with E-state index in [1.165, 1.54) is 33.4 Å². The van der Waals surface area contributed by atoms with Gasteiger partial charge in [0, 0.05) is 25.9 Å². The molecule has 37 heavy (non-hydrogen) atoms. The van der Waals surface area contributed by atoms with Gasteiger partial charge in [0.25, 0.3) is 0 Å². The molecule has 2 amide bonds. The summed E-state index contributed by atoms with van der Waals surface area (Å²) in [5, 5.41) is 13.0. The highest BCUT2D eigenvalue weighted by Crippen LogP contribution is 2.41. The normalized spacial score (nSPS) is 22.6. The lowest BCUT2D eigenvalue weighted by Crippen LogP contribution is -2.44. The van der Waals surface area contributed by atoms with Gasteiger partial charge in [0.2, 0.25) is 5.91 Å². The molecule has 2 aromatic rings. The number of benzene rings is 2. The minimum atomic E-state index is -0.762. The van der Waals surface area contributed by atoms with Crippen LogP contribution in [-0.4, -0.2) is 52.3 Å². The Morgan fingerprint density at radius 2 is 1.54 bits per heavy atom. The SMILES string of the molecule is CC(C)(C)OC(=O)NC1(CCC(=O)N2CCC(=C3c4ccccc4C=Cc4ccccc43)CC2)C[C@@H]1O. The van der Waals surface area contributed by atoms with Crippen LogP contribution >= 0.6 is 0 Å². The van der Waals surface area contributed by atoms with E-state index in [1.807, 2.05) is 4.90 Å². The molecule has 6 nitrogen and oxygen atoms in total. The van der Waals surface area contributed by atoms with E-state index in [4.69, 9.17) is 4.74 Å². The monoisotopic (exact) mass is 500 g/mol. The van der Waals surface area contributed by atoms with Crippen molar-refractivity contribution < 1.29 is 19.4 Å². The molecule has 0 bridgehead atoms. The van der Waals surface area contributed by atoms with Crippen molar-refractivity contribution in [3.8, 4) is 0 Å². The molecule has 6 heteroatoms. The summed E-state index contributed by atoms with van der Waals surface area (Å²) in [6.45, 7) is 6.74. The molecular formula is C31H36N2O4. The number of likely N-dealkylation sites (tertiary alicyclic amines) is 1. The van der Waals surface area contributed by atoms with Gasteiger partial charge in [0.15, 0.2) is 0 Å². The van der Waals surface area contributed by atoms with E-state index in [1.54, 1.807) is 20.8 Å². The lowest BCUT2D eigenvalue weighted by atomic mass is 9.86. The number of fused-ring (bicyclic) bond motifs is 2. The Bertz CT molecular complexity index is 1210. The predicted octanol–water partition coefficient (Wildman–Crippen LogP) is 5.40. The number of carbonyl (C=O) groups excluding carboxylic acids is 2. The highest BCUT2D eigenvalue weighted by atomic mass is 16.6. The van der Waals surface area contributed by atoms with Crippen LogP contribution in [0.5, 0.6) is 0 Å². The van der Waals surface area contributed by atoms with Crippen molar-refractivity contribution in [2.24, 2.45) is 0 Å². The molecule has 2 aliphatic carbocycles. The molecule has 2 atom stereocenters. The molecule has 2 N–H and O–H groups in total. The molecule has 3 aliphatic rings. The molecule has 1 heterocycles. The quantitative estimate of drug-likeness (QED) is 0.503. The van der Waals surface area contributed by atoms with Gasteiger partial charge in [-0.1, -0.05) is 66.3 Å². The number of rotatable bonds is 4. The molecule has 2 aromatic carbocycles. The van der Waals surface area contributed by atoms with E-state index in [0.717, 1.165) is 12.8 Å². The van der Waals surface area contributed by atoms with Gasteiger partial charge in [-0.2, -0.15) is 0 Å². The Kier molecular flexibility index (Phi) is 6.71. The smallest absolute Gasteiger partial charge is 0.408 e. The summed E-state index contributed by atoms with van der Waals surface area (Å²) in [4.78, 5) is 27.3. The molecular weight excluding hydrogens is 464 g/mol. The minimum absolute atomic E-state index is 0.0665. The van der Waals surface area contributed by atoms with E-state index in [2.05, 4.69) is 66.0 Å². The first kappa shape index (κ1) is 25.3. The van der Waals surface area contributed by atoms with Crippen LogP contribution < -0.4 is 5.32 Å². The Labute approximate surface area is 219 Å². The van der Waals surface area contributed by atoms with Crippen LogP contribution in [0.3, 0.4) is 0 Å². The van der Waals surface area contributed by atoms with Gasteiger partial charge in [0.05, 0.1) is 11.6 Å². The molecule has 0 radical (unpaired) electrons. The van der Waals surface area contributed by atoms with E-state index in [-0.39, 0.29) is 12.3 Å². The van der Waals surface area contributed by atoms with Crippen molar-refractivity contribution in [3.63, 3.8) is 0 Å². The number of nitrogens with zero attached hydrogens (tertiary/aromatic N) is 1. The lowest BCUT2D eigenvalue weighted by Gasteiger charge is -2.31. The van der Waals surface area contributed by atoms with E-state index < -0.39 is 23.3 Å². The van der Waals surface area contributed by atoms with Gasteiger partial charge < -0.3 is 20.1 Å². The second kappa shape index (κ2) is 9.82. The zero-order chi connectivity index (χ0) is 26.2. The van der Waals surface area contributed by atoms with Crippen molar-refractivity contribution in [1.29, 1.82) is 0 Å². The first-order chi connectivity index (χ1) is 17.7. The summed E-state index contributed by atoms with van der Waals surface area (Å²) in [6.07, 6.45) is 5.97. The van der Waals surface area contributed by atoms with Crippen LogP contribution in [0.1, 0.15) is 75.1 Å². The highest BCUT2D eigenvalue weighted by molar-refractivity contribution is 5.95. The molecule has 0 aromatic heterocycles. The van der Waals surface area contributed by atoms with Gasteiger partial charge in [-0.05, 0) is 67.9 Å². The van der Waals surface area contributed by atoms with Crippen LogP contribution in [0.15, 0.2) is 54.1 Å². The maximum absolute atomic E-state index is 13.1. The number of amides is 2. The fraction of sp³-hybridized carbons (Fsp3) is 0.419. The Morgan fingerprint density at radius 3 is 2.05 bits per heavy atom. The third-order valence-corrected chi connectivity index (χ3v) is 7.55. The van der Waals surface area contributed by atoms with E-state index >= 15 is 0 Å². The van der Waals surface area contributed by atoms with Crippen LogP contribution in [0, 0.1) is 0 Å². The molecule has 1 saturated heterocycles. The Hall–Kier alpha value is -3.38. The maximum atomic E-state index is 13.1. The van der Waals surface area contributed by atoms with Crippen LogP contribution in [0.4, 0.5) is 4.79 Å². The second-order valence-corrected chi connectivity index (χ2v) is 11.4. The van der Waals surface area contributed by atoms with Crippen LogP contribution in [0.2, 0.25) is 0 Å². The topological polar surface area (TPSA) is 78.9 Å². The molecule has 5 rings (SSSR count). The molecule has 1 unspecified atom stereocenters. The van der Waals surface area contributed by atoms with Gasteiger partial charge in [-0.3, -0.25) is 4.79 Å². The number of hydrogen-bond acceptors (Lipinski definition) is 4. The maximum Gasteiger partial charge on any atom is 0.408 e. The van der Waals surface area contributed by atoms with Crippen LogP contribution in [0.25, 0.3) is 17.7 Å².